The highest BCUT2D eigenvalue weighted by Gasteiger charge is 2.24. The van der Waals surface area contributed by atoms with E-state index in [1.165, 1.54) is 0 Å². The first-order chi connectivity index (χ1) is 12.5. The number of carbonyl (C=O) groups excluding carboxylic acids is 2. The number of nitrogens with zero attached hydrogens (tertiary/aromatic N) is 2. The predicted molar refractivity (Wildman–Crippen MR) is 101 cm³/mol. The van der Waals surface area contributed by atoms with E-state index in [0.29, 0.717) is 50.5 Å². The van der Waals surface area contributed by atoms with Crippen LogP contribution in [0.4, 0.5) is 0 Å². The zero-order chi connectivity index (χ0) is 19.1. The first-order valence-electron chi connectivity index (χ1n) is 9.27. The molecule has 1 heterocycles. The van der Waals surface area contributed by atoms with E-state index < -0.39 is 0 Å². The molecule has 0 unspecified atom stereocenters. The number of amides is 2. The van der Waals surface area contributed by atoms with Crippen LogP contribution in [0.3, 0.4) is 0 Å². The number of hydrogen-bond donors (Lipinski definition) is 0. The van der Waals surface area contributed by atoms with Gasteiger partial charge >= 0.3 is 0 Å². The predicted octanol–water partition coefficient (Wildman–Crippen LogP) is 2.42. The van der Waals surface area contributed by atoms with Crippen LogP contribution in [-0.4, -0.2) is 62.0 Å². The summed E-state index contributed by atoms with van der Waals surface area (Å²) in [6.07, 6.45) is 2.89. The van der Waals surface area contributed by atoms with Crippen LogP contribution in [-0.2, 0) is 16.0 Å². The molecule has 26 heavy (non-hydrogen) atoms. The first-order valence-corrected chi connectivity index (χ1v) is 9.27. The number of piperazine rings is 1. The fourth-order valence-electron chi connectivity index (χ4n) is 3.18. The molecule has 144 valence electrons. The molecule has 2 amide bonds. The zero-order valence-corrected chi connectivity index (χ0v) is 16.3. The van der Waals surface area contributed by atoms with E-state index in [-0.39, 0.29) is 11.8 Å². The minimum atomic E-state index is 0.0842. The maximum absolute atomic E-state index is 12.7. The van der Waals surface area contributed by atoms with Gasteiger partial charge in [0.2, 0.25) is 11.8 Å². The van der Waals surface area contributed by atoms with E-state index in [2.05, 4.69) is 6.92 Å². The second-order valence-corrected chi connectivity index (χ2v) is 6.68. The summed E-state index contributed by atoms with van der Waals surface area (Å²) in [6.45, 7) is 6.50. The van der Waals surface area contributed by atoms with E-state index in [4.69, 9.17) is 9.47 Å². The highest BCUT2D eigenvalue weighted by atomic mass is 16.5. The summed E-state index contributed by atoms with van der Waals surface area (Å²) in [5, 5.41) is 0. The summed E-state index contributed by atoms with van der Waals surface area (Å²) >= 11 is 0. The van der Waals surface area contributed by atoms with Crippen LogP contribution in [0.1, 0.15) is 37.3 Å². The molecular weight excluding hydrogens is 332 g/mol. The van der Waals surface area contributed by atoms with Gasteiger partial charge in [0.1, 0.15) is 0 Å². The third-order valence-electron chi connectivity index (χ3n) is 4.91. The Morgan fingerprint density at radius 3 is 2.04 bits per heavy atom. The Hall–Kier alpha value is -2.24. The Morgan fingerprint density at radius 2 is 1.50 bits per heavy atom. The van der Waals surface area contributed by atoms with Gasteiger partial charge in [0.15, 0.2) is 11.5 Å². The van der Waals surface area contributed by atoms with Crippen molar-refractivity contribution in [2.24, 2.45) is 0 Å². The second-order valence-electron chi connectivity index (χ2n) is 6.68. The molecule has 1 aromatic rings. The molecule has 0 aliphatic carbocycles. The molecule has 1 saturated heterocycles. The highest BCUT2D eigenvalue weighted by Crippen LogP contribution is 2.30. The van der Waals surface area contributed by atoms with Crippen molar-refractivity contribution >= 4 is 11.8 Å². The van der Waals surface area contributed by atoms with E-state index >= 15 is 0 Å². The molecule has 1 aliphatic rings. The lowest BCUT2D eigenvalue weighted by molar-refractivity contribution is -0.139. The average Bonchev–Trinajstić information content (AvgIpc) is 2.67. The average molecular weight is 362 g/mol. The summed E-state index contributed by atoms with van der Waals surface area (Å²) < 4.78 is 10.6. The van der Waals surface area contributed by atoms with Gasteiger partial charge < -0.3 is 19.3 Å². The Balaban J connectivity index is 1.94. The number of hydrogen-bond acceptors (Lipinski definition) is 4. The van der Waals surface area contributed by atoms with E-state index in [0.717, 1.165) is 24.0 Å². The van der Waals surface area contributed by atoms with Gasteiger partial charge in [-0.15, -0.1) is 0 Å². The molecule has 0 spiro atoms. The second kappa shape index (κ2) is 9.46. The van der Waals surface area contributed by atoms with Crippen LogP contribution in [0.15, 0.2) is 12.1 Å². The molecule has 0 N–H and O–H groups in total. The number of rotatable bonds is 7. The fourth-order valence-corrected chi connectivity index (χ4v) is 3.18. The van der Waals surface area contributed by atoms with Crippen LogP contribution in [0, 0.1) is 6.92 Å². The van der Waals surface area contributed by atoms with Crippen molar-refractivity contribution in [3.63, 3.8) is 0 Å². The smallest absolute Gasteiger partial charge is 0.227 e. The molecule has 0 atom stereocenters. The van der Waals surface area contributed by atoms with Gasteiger partial charge in [0.25, 0.3) is 0 Å². The largest absolute Gasteiger partial charge is 0.493 e. The molecule has 2 rings (SSSR count). The summed E-state index contributed by atoms with van der Waals surface area (Å²) in [6, 6.07) is 3.77. The monoisotopic (exact) mass is 362 g/mol. The summed E-state index contributed by atoms with van der Waals surface area (Å²) in [4.78, 5) is 28.5. The molecule has 0 bridgehead atoms. The summed E-state index contributed by atoms with van der Waals surface area (Å²) in [5.41, 5.74) is 1.94. The number of aryl methyl sites for hydroxylation is 1. The zero-order valence-electron chi connectivity index (χ0n) is 16.3. The van der Waals surface area contributed by atoms with Crippen molar-refractivity contribution in [3.8, 4) is 11.5 Å². The van der Waals surface area contributed by atoms with Gasteiger partial charge in [0, 0.05) is 32.6 Å². The maximum atomic E-state index is 12.7. The number of carbonyl (C=O) groups is 2. The van der Waals surface area contributed by atoms with Crippen molar-refractivity contribution < 1.29 is 19.1 Å². The Morgan fingerprint density at radius 1 is 0.962 bits per heavy atom. The molecule has 1 fully saturated rings. The third-order valence-corrected chi connectivity index (χ3v) is 4.91. The van der Waals surface area contributed by atoms with Gasteiger partial charge in [-0.1, -0.05) is 13.3 Å². The first kappa shape index (κ1) is 20.1. The summed E-state index contributed by atoms with van der Waals surface area (Å²) in [5.74, 6) is 1.59. The van der Waals surface area contributed by atoms with Crippen LogP contribution >= 0.6 is 0 Å². The lowest BCUT2D eigenvalue weighted by Gasteiger charge is -2.35. The van der Waals surface area contributed by atoms with Crippen molar-refractivity contribution in [2.45, 2.75) is 39.5 Å². The molecule has 6 nitrogen and oxygen atoms in total. The fraction of sp³-hybridized carbons (Fsp3) is 0.600. The molecule has 0 aromatic heterocycles. The number of ether oxygens (including phenoxy) is 2. The normalized spacial score (nSPS) is 14.3. The van der Waals surface area contributed by atoms with Crippen LogP contribution < -0.4 is 9.47 Å². The molecule has 6 heteroatoms. The minimum Gasteiger partial charge on any atom is -0.493 e. The SMILES string of the molecule is CCCCC(=O)N1CCN(C(=O)Cc2cc(OC)c(OC)cc2C)CC1. The van der Waals surface area contributed by atoms with Crippen LogP contribution in [0.2, 0.25) is 0 Å². The number of unbranched alkanes of at least 4 members (excludes halogenated alkanes) is 1. The quantitative estimate of drug-likeness (QED) is 0.747. The lowest BCUT2D eigenvalue weighted by Crippen LogP contribution is -2.51. The Bertz CT molecular complexity index is 637. The molecule has 0 radical (unpaired) electrons. The van der Waals surface area contributed by atoms with E-state index in [9.17, 15) is 9.59 Å². The van der Waals surface area contributed by atoms with Gasteiger partial charge in [-0.05, 0) is 36.6 Å². The van der Waals surface area contributed by atoms with Crippen molar-refractivity contribution in [2.75, 3.05) is 40.4 Å². The Labute approximate surface area is 156 Å². The van der Waals surface area contributed by atoms with Crippen molar-refractivity contribution in [1.82, 2.24) is 9.80 Å². The van der Waals surface area contributed by atoms with E-state index in [1.807, 2.05) is 28.9 Å². The number of methoxy groups -OCH3 is 2. The molecule has 1 aromatic carbocycles. The lowest BCUT2D eigenvalue weighted by atomic mass is 10.0. The minimum absolute atomic E-state index is 0.0842. The van der Waals surface area contributed by atoms with E-state index in [1.54, 1.807) is 14.2 Å². The molecule has 0 saturated carbocycles. The summed E-state index contributed by atoms with van der Waals surface area (Å²) in [7, 11) is 3.19. The van der Waals surface area contributed by atoms with Crippen LogP contribution in [0.25, 0.3) is 0 Å². The number of benzene rings is 1. The van der Waals surface area contributed by atoms with Crippen molar-refractivity contribution in [3.05, 3.63) is 23.3 Å². The third kappa shape index (κ3) is 4.90. The van der Waals surface area contributed by atoms with Crippen molar-refractivity contribution in [1.29, 1.82) is 0 Å². The van der Waals surface area contributed by atoms with Gasteiger partial charge in [-0.25, -0.2) is 0 Å². The molecular formula is C20H30N2O4. The van der Waals surface area contributed by atoms with Crippen LogP contribution in [0.5, 0.6) is 11.5 Å². The molecule has 1 aliphatic heterocycles. The topological polar surface area (TPSA) is 59.1 Å². The standard InChI is InChI=1S/C20H30N2O4/c1-5-6-7-19(23)21-8-10-22(11-9-21)20(24)14-16-13-18(26-4)17(25-3)12-15(16)2/h12-13H,5-11,14H2,1-4H3. The van der Waals surface area contributed by atoms with Gasteiger partial charge in [-0.3, -0.25) is 9.59 Å². The highest BCUT2D eigenvalue weighted by molar-refractivity contribution is 5.80. The van der Waals surface area contributed by atoms with Gasteiger partial charge in [-0.2, -0.15) is 0 Å². The Kier molecular flexibility index (Phi) is 7.30. The van der Waals surface area contributed by atoms with Gasteiger partial charge in [0.05, 0.1) is 20.6 Å². The maximum Gasteiger partial charge on any atom is 0.227 e.